The Morgan fingerprint density at radius 1 is 1.07 bits per heavy atom. The molecule has 0 radical (unpaired) electrons. The van der Waals surface area contributed by atoms with Gasteiger partial charge in [0, 0.05) is 5.56 Å². The van der Waals surface area contributed by atoms with Crippen molar-refractivity contribution >= 4 is 17.0 Å². The molecule has 0 bridgehead atoms. The number of methoxy groups -OCH3 is 2. The summed E-state index contributed by atoms with van der Waals surface area (Å²) in [6.45, 7) is 0. The van der Waals surface area contributed by atoms with Gasteiger partial charge in [0.05, 0.1) is 26.0 Å². The molecule has 1 aromatic carbocycles. The van der Waals surface area contributed by atoms with E-state index in [1.165, 1.54) is 11.5 Å². The van der Waals surface area contributed by atoms with E-state index in [0.717, 1.165) is 31.2 Å². The number of aromatic amines is 1. The molecule has 1 saturated carbocycles. The van der Waals surface area contributed by atoms with Gasteiger partial charge in [0.15, 0.2) is 5.65 Å². The van der Waals surface area contributed by atoms with Crippen LogP contribution >= 0.6 is 0 Å². The van der Waals surface area contributed by atoms with E-state index in [1.807, 2.05) is 24.3 Å². The van der Waals surface area contributed by atoms with Crippen LogP contribution in [0.4, 0.5) is 5.95 Å². The van der Waals surface area contributed by atoms with Crippen LogP contribution in [0, 0.1) is 0 Å². The normalized spacial score (nSPS) is 15.1. The first-order valence-electron chi connectivity index (χ1n) is 9.14. The molecular formula is C19H23N5O3. The summed E-state index contributed by atoms with van der Waals surface area (Å²) in [6.07, 6.45) is 5.25. The molecule has 1 aliphatic carbocycles. The zero-order valence-electron chi connectivity index (χ0n) is 15.5. The van der Waals surface area contributed by atoms with Gasteiger partial charge in [-0.2, -0.15) is 15.1 Å². The fraction of sp³-hybridized carbons (Fsp3) is 0.421. The van der Waals surface area contributed by atoms with E-state index < -0.39 is 0 Å². The van der Waals surface area contributed by atoms with Gasteiger partial charge in [-0.25, -0.2) is 5.06 Å². The molecule has 2 heterocycles. The molecule has 1 fully saturated rings. The third-order valence-electron chi connectivity index (χ3n) is 5.06. The van der Waals surface area contributed by atoms with Crippen molar-refractivity contribution in [3.8, 4) is 22.9 Å². The van der Waals surface area contributed by atoms with Gasteiger partial charge >= 0.3 is 0 Å². The summed E-state index contributed by atoms with van der Waals surface area (Å²) in [5, 5.41) is 19.8. The van der Waals surface area contributed by atoms with Crippen molar-refractivity contribution in [3.63, 3.8) is 0 Å². The van der Waals surface area contributed by atoms with Gasteiger partial charge < -0.3 is 9.47 Å². The van der Waals surface area contributed by atoms with E-state index in [4.69, 9.17) is 9.47 Å². The number of hydrogen-bond acceptors (Lipinski definition) is 7. The van der Waals surface area contributed by atoms with E-state index in [1.54, 1.807) is 14.2 Å². The monoisotopic (exact) mass is 369 g/mol. The largest absolute Gasteiger partial charge is 0.496 e. The highest BCUT2D eigenvalue weighted by molar-refractivity contribution is 5.96. The molecule has 4 rings (SSSR count). The topological polar surface area (TPSA) is 96.4 Å². The Bertz CT molecular complexity index is 936. The molecule has 27 heavy (non-hydrogen) atoms. The highest BCUT2D eigenvalue weighted by Gasteiger charge is 2.25. The molecule has 2 N–H and O–H groups in total. The lowest BCUT2D eigenvalue weighted by atomic mass is 9.95. The summed E-state index contributed by atoms with van der Waals surface area (Å²) in [6, 6.07) is 7.65. The average molecular weight is 369 g/mol. The maximum atomic E-state index is 10.6. The van der Waals surface area contributed by atoms with Gasteiger partial charge in [0.1, 0.15) is 11.1 Å². The summed E-state index contributed by atoms with van der Waals surface area (Å²) < 4.78 is 11.0. The van der Waals surface area contributed by atoms with Gasteiger partial charge in [-0.3, -0.25) is 10.3 Å². The van der Waals surface area contributed by atoms with Gasteiger partial charge in [0.25, 0.3) is 5.95 Å². The maximum Gasteiger partial charge on any atom is 0.255 e. The molecule has 0 spiro atoms. The Morgan fingerprint density at radius 2 is 1.85 bits per heavy atom. The third kappa shape index (κ3) is 3.16. The quantitative estimate of drug-likeness (QED) is 0.664. The second-order valence-electron chi connectivity index (χ2n) is 6.67. The van der Waals surface area contributed by atoms with Gasteiger partial charge in [-0.05, 0) is 25.0 Å². The Hall–Kier alpha value is -2.87. The zero-order valence-corrected chi connectivity index (χ0v) is 15.5. The predicted octanol–water partition coefficient (Wildman–Crippen LogP) is 3.57. The van der Waals surface area contributed by atoms with Crippen molar-refractivity contribution in [3.05, 3.63) is 24.3 Å². The number of benzene rings is 1. The second kappa shape index (κ2) is 7.40. The van der Waals surface area contributed by atoms with E-state index in [9.17, 15) is 5.21 Å². The zero-order chi connectivity index (χ0) is 18.8. The van der Waals surface area contributed by atoms with Crippen molar-refractivity contribution in [1.29, 1.82) is 0 Å². The SMILES string of the molecule is COc1ccccc1-c1[nH]nc2nc(N(O)C3CCCCC3)nc(OC)c12. The average Bonchev–Trinajstić information content (AvgIpc) is 3.17. The minimum atomic E-state index is 0.0218. The fourth-order valence-electron chi connectivity index (χ4n) is 3.67. The molecule has 2 aromatic heterocycles. The lowest BCUT2D eigenvalue weighted by Crippen LogP contribution is -2.35. The van der Waals surface area contributed by atoms with Crippen LogP contribution in [0.1, 0.15) is 32.1 Å². The number of fused-ring (bicyclic) bond motifs is 1. The number of hydroxylamine groups is 1. The lowest BCUT2D eigenvalue weighted by Gasteiger charge is -2.28. The summed E-state index contributed by atoms with van der Waals surface area (Å²) in [4.78, 5) is 8.91. The molecule has 0 atom stereocenters. The number of H-pyrrole nitrogens is 1. The van der Waals surface area contributed by atoms with Crippen LogP contribution < -0.4 is 14.5 Å². The summed E-state index contributed by atoms with van der Waals surface area (Å²) >= 11 is 0. The molecule has 0 amide bonds. The van der Waals surface area contributed by atoms with Crippen LogP contribution in [-0.4, -0.2) is 45.6 Å². The standard InChI is InChI=1S/C19H23N5O3/c1-26-14-11-7-6-10-13(14)16-15-17(23-22-16)20-19(21-18(15)27-2)24(25)12-8-4-3-5-9-12/h6-7,10-12,25H,3-5,8-9H2,1-2H3,(H,20,21,22,23). The predicted molar refractivity (Wildman–Crippen MR) is 101 cm³/mol. The van der Waals surface area contributed by atoms with E-state index in [0.29, 0.717) is 28.4 Å². The Balaban J connectivity index is 1.79. The van der Waals surface area contributed by atoms with Crippen LogP contribution in [0.2, 0.25) is 0 Å². The van der Waals surface area contributed by atoms with Crippen LogP contribution in [0.3, 0.4) is 0 Å². The van der Waals surface area contributed by atoms with Crippen molar-refractivity contribution in [2.75, 3.05) is 19.3 Å². The summed E-state index contributed by atoms with van der Waals surface area (Å²) in [7, 11) is 3.17. The van der Waals surface area contributed by atoms with Crippen molar-refractivity contribution in [2.24, 2.45) is 0 Å². The Kier molecular flexibility index (Phi) is 4.81. The molecule has 1 aliphatic rings. The summed E-state index contributed by atoms with van der Waals surface area (Å²) in [5.41, 5.74) is 1.99. The van der Waals surface area contributed by atoms with E-state index in [2.05, 4.69) is 20.2 Å². The highest BCUT2D eigenvalue weighted by atomic mass is 16.5. The number of hydrogen-bond donors (Lipinski definition) is 2. The van der Waals surface area contributed by atoms with Crippen molar-refractivity contribution in [1.82, 2.24) is 20.2 Å². The Morgan fingerprint density at radius 3 is 2.59 bits per heavy atom. The number of nitrogens with one attached hydrogen (secondary N) is 1. The molecule has 142 valence electrons. The minimum Gasteiger partial charge on any atom is -0.496 e. The smallest absolute Gasteiger partial charge is 0.255 e. The maximum absolute atomic E-state index is 10.6. The molecule has 8 nitrogen and oxygen atoms in total. The second-order valence-corrected chi connectivity index (χ2v) is 6.67. The Labute approximate surface area is 157 Å². The van der Waals surface area contributed by atoms with E-state index >= 15 is 0 Å². The van der Waals surface area contributed by atoms with Gasteiger partial charge in [0.2, 0.25) is 5.88 Å². The third-order valence-corrected chi connectivity index (χ3v) is 5.06. The van der Waals surface area contributed by atoms with Crippen molar-refractivity contribution in [2.45, 2.75) is 38.1 Å². The molecule has 3 aromatic rings. The number of para-hydroxylation sites is 1. The lowest BCUT2D eigenvalue weighted by molar-refractivity contribution is 0.183. The molecule has 0 unspecified atom stereocenters. The number of rotatable bonds is 5. The first-order valence-corrected chi connectivity index (χ1v) is 9.14. The highest BCUT2D eigenvalue weighted by Crippen LogP contribution is 2.37. The first-order chi connectivity index (χ1) is 13.2. The van der Waals surface area contributed by atoms with Crippen LogP contribution in [0.5, 0.6) is 11.6 Å². The summed E-state index contributed by atoms with van der Waals surface area (Å²) in [5.74, 6) is 1.28. The number of nitrogens with zero attached hydrogens (tertiary/aromatic N) is 4. The fourth-order valence-corrected chi connectivity index (χ4v) is 3.67. The number of aromatic nitrogens is 4. The molecule has 0 saturated heterocycles. The molecule has 8 heteroatoms. The van der Waals surface area contributed by atoms with E-state index in [-0.39, 0.29) is 12.0 Å². The number of ether oxygens (including phenoxy) is 2. The minimum absolute atomic E-state index is 0.0218. The van der Waals surface area contributed by atoms with Crippen LogP contribution in [0.25, 0.3) is 22.3 Å². The molecule has 0 aliphatic heterocycles. The van der Waals surface area contributed by atoms with Crippen LogP contribution in [0.15, 0.2) is 24.3 Å². The number of anilines is 1. The van der Waals surface area contributed by atoms with Gasteiger partial charge in [-0.1, -0.05) is 31.4 Å². The van der Waals surface area contributed by atoms with Crippen LogP contribution in [-0.2, 0) is 0 Å². The van der Waals surface area contributed by atoms with Crippen molar-refractivity contribution < 1.29 is 14.7 Å². The first kappa shape index (κ1) is 17.5. The molecular weight excluding hydrogens is 346 g/mol. The van der Waals surface area contributed by atoms with Gasteiger partial charge in [-0.15, -0.1) is 0 Å².